The monoisotopic (exact) mass is 372 g/mol. The minimum absolute atomic E-state index is 0.00972. The van der Waals surface area contributed by atoms with Gasteiger partial charge in [0.05, 0.1) is 0 Å². The Labute approximate surface area is 147 Å². The van der Waals surface area contributed by atoms with Crippen LogP contribution in [0, 0.1) is 17.8 Å². The van der Waals surface area contributed by atoms with Gasteiger partial charge in [0.2, 0.25) is 4.69 Å². The summed E-state index contributed by atoms with van der Waals surface area (Å²) in [5, 5.41) is 0. The number of carbonyl (C=O) groups excluding carboxylic acids is 1. The Kier molecular flexibility index (Phi) is 13.3. The summed E-state index contributed by atoms with van der Waals surface area (Å²) in [6.45, 7) is 11.5. The van der Waals surface area contributed by atoms with Gasteiger partial charge >= 0.3 is 0 Å². The molecule has 0 aliphatic rings. The van der Waals surface area contributed by atoms with Gasteiger partial charge in [-0.05, 0) is 59.5 Å². The molecule has 0 bridgehead atoms. The van der Waals surface area contributed by atoms with Crippen LogP contribution in [-0.2, 0) is 4.79 Å². The third-order valence-electron chi connectivity index (χ3n) is 4.50. The Morgan fingerprint density at radius 1 is 0.864 bits per heavy atom. The Morgan fingerprint density at radius 2 is 1.32 bits per heavy atom. The summed E-state index contributed by atoms with van der Waals surface area (Å²) < 4.78 is -0.00972. The second-order valence-corrected chi connectivity index (χ2v) is 8.43. The number of carbonyl (C=O) groups is 1. The van der Waals surface area contributed by atoms with Crippen molar-refractivity contribution in [3.63, 3.8) is 0 Å². The summed E-state index contributed by atoms with van der Waals surface area (Å²) in [4.78, 5) is 10.9. The summed E-state index contributed by atoms with van der Waals surface area (Å²) in [6.07, 6.45) is 13.5. The average molecular weight is 373 g/mol. The molecular formula is C20H37BrO. The van der Waals surface area contributed by atoms with E-state index in [-0.39, 0.29) is 4.69 Å². The lowest BCUT2D eigenvalue weighted by Gasteiger charge is -2.15. The van der Waals surface area contributed by atoms with Crippen molar-refractivity contribution in [2.75, 3.05) is 0 Å². The molecular weight excluding hydrogens is 336 g/mol. The highest BCUT2D eigenvalue weighted by molar-refractivity contribution is 9.18. The fraction of sp³-hybridized carbons (Fsp3) is 0.850. The number of rotatable bonds is 13. The van der Waals surface area contributed by atoms with Gasteiger partial charge in [-0.25, -0.2) is 0 Å². The van der Waals surface area contributed by atoms with Crippen LogP contribution in [-0.4, -0.2) is 4.69 Å². The summed E-state index contributed by atoms with van der Waals surface area (Å²) in [7, 11) is 0. The Balaban J connectivity index is 3.60. The van der Waals surface area contributed by atoms with E-state index in [1.807, 2.05) is 6.92 Å². The van der Waals surface area contributed by atoms with Crippen molar-refractivity contribution in [1.82, 2.24) is 0 Å². The number of halogens is 1. The van der Waals surface area contributed by atoms with Crippen LogP contribution in [0.3, 0.4) is 0 Å². The smallest absolute Gasteiger partial charge is 0.220 e. The van der Waals surface area contributed by atoms with Gasteiger partial charge in [-0.3, -0.25) is 4.79 Å². The average Bonchev–Trinajstić information content (AvgIpc) is 2.37. The Morgan fingerprint density at radius 3 is 1.77 bits per heavy atom. The molecule has 2 heteroatoms. The predicted octanol–water partition coefficient (Wildman–Crippen LogP) is 7.29. The van der Waals surface area contributed by atoms with E-state index in [1.54, 1.807) is 6.08 Å². The molecule has 0 aromatic carbocycles. The van der Waals surface area contributed by atoms with E-state index >= 15 is 0 Å². The first-order valence-corrected chi connectivity index (χ1v) is 9.97. The molecule has 22 heavy (non-hydrogen) atoms. The first kappa shape index (κ1) is 21.9. The molecule has 0 saturated carbocycles. The van der Waals surface area contributed by atoms with Crippen LogP contribution in [0.15, 0.2) is 11.6 Å². The van der Waals surface area contributed by atoms with Gasteiger partial charge in [-0.2, -0.15) is 0 Å². The third-order valence-corrected chi connectivity index (χ3v) is 4.73. The zero-order chi connectivity index (χ0) is 17.0. The van der Waals surface area contributed by atoms with Crippen molar-refractivity contribution < 1.29 is 4.79 Å². The fourth-order valence-electron chi connectivity index (χ4n) is 2.97. The van der Waals surface area contributed by atoms with Crippen LogP contribution in [0.5, 0.6) is 0 Å². The molecule has 0 aromatic rings. The second-order valence-electron chi connectivity index (χ2n) is 7.65. The zero-order valence-corrected chi connectivity index (χ0v) is 17.0. The molecule has 0 heterocycles. The van der Waals surface area contributed by atoms with Crippen molar-refractivity contribution in [3.05, 3.63) is 11.6 Å². The van der Waals surface area contributed by atoms with Crippen molar-refractivity contribution in [3.8, 4) is 0 Å². The maximum absolute atomic E-state index is 10.9. The van der Waals surface area contributed by atoms with Crippen LogP contribution in [0.25, 0.3) is 0 Å². The number of hydrogen-bond donors (Lipinski definition) is 0. The lowest BCUT2D eigenvalue weighted by molar-refractivity contribution is -0.106. The molecule has 2 atom stereocenters. The van der Waals surface area contributed by atoms with E-state index in [9.17, 15) is 4.79 Å². The number of hydrogen-bond acceptors (Lipinski definition) is 1. The summed E-state index contributed by atoms with van der Waals surface area (Å²) in [5.74, 6) is 2.56. The van der Waals surface area contributed by atoms with Gasteiger partial charge in [0.1, 0.15) is 0 Å². The SMILES string of the molecule is C/C(=C\C(=O)Br)CCC[C@H](C)CCC[C@H](C)CCCC(C)C. The highest BCUT2D eigenvalue weighted by atomic mass is 79.9. The van der Waals surface area contributed by atoms with Crippen molar-refractivity contribution >= 4 is 20.6 Å². The molecule has 0 spiro atoms. The van der Waals surface area contributed by atoms with Gasteiger partial charge in [-0.15, -0.1) is 0 Å². The maximum atomic E-state index is 10.9. The largest absolute Gasteiger partial charge is 0.282 e. The molecule has 0 saturated heterocycles. The minimum atomic E-state index is -0.00972. The van der Waals surface area contributed by atoms with Crippen LogP contribution < -0.4 is 0 Å². The van der Waals surface area contributed by atoms with Crippen LogP contribution in [0.4, 0.5) is 0 Å². The molecule has 0 aliphatic heterocycles. The second kappa shape index (κ2) is 13.3. The molecule has 0 radical (unpaired) electrons. The van der Waals surface area contributed by atoms with E-state index < -0.39 is 0 Å². The molecule has 0 rings (SSSR count). The van der Waals surface area contributed by atoms with Crippen molar-refractivity contribution in [1.29, 1.82) is 0 Å². The van der Waals surface area contributed by atoms with Crippen LogP contribution >= 0.6 is 15.9 Å². The maximum Gasteiger partial charge on any atom is 0.220 e. The van der Waals surface area contributed by atoms with Gasteiger partial charge in [0, 0.05) is 0 Å². The molecule has 130 valence electrons. The molecule has 0 aliphatic carbocycles. The van der Waals surface area contributed by atoms with Crippen LogP contribution in [0.2, 0.25) is 0 Å². The van der Waals surface area contributed by atoms with Crippen molar-refractivity contribution in [2.45, 2.75) is 92.4 Å². The van der Waals surface area contributed by atoms with Crippen molar-refractivity contribution in [2.24, 2.45) is 17.8 Å². The van der Waals surface area contributed by atoms with Gasteiger partial charge < -0.3 is 0 Å². The predicted molar refractivity (Wildman–Crippen MR) is 102 cm³/mol. The summed E-state index contributed by atoms with van der Waals surface area (Å²) in [5.41, 5.74) is 1.19. The highest BCUT2D eigenvalue weighted by Gasteiger charge is 2.06. The molecule has 1 nitrogen and oxygen atoms in total. The van der Waals surface area contributed by atoms with Gasteiger partial charge in [0.15, 0.2) is 0 Å². The standard InChI is InChI=1S/C20H37BrO/c1-16(2)9-6-10-17(3)11-7-12-18(4)13-8-14-19(5)15-20(21)22/h15-18H,6-14H2,1-5H3/b19-15+/t17-,18-/m1/s1. The first-order valence-electron chi connectivity index (χ1n) is 9.17. The van der Waals surface area contributed by atoms with E-state index in [4.69, 9.17) is 0 Å². The highest BCUT2D eigenvalue weighted by Crippen LogP contribution is 2.22. The zero-order valence-electron chi connectivity index (χ0n) is 15.5. The molecule has 0 unspecified atom stereocenters. The quantitative estimate of drug-likeness (QED) is 0.245. The number of allylic oxidation sites excluding steroid dienone is 2. The summed E-state index contributed by atoms with van der Waals surface area (Å²) in [6, 6.07) is 0. The molecule has 0 fully saturated rings. The summed E-state index contributed by atoms with van der Waals surface area (Å²) >= 11 is 2.95. The van der Waals surface area contributed by atoms with Gasteiger partial charge in [-0.1, -0.05) is 78.2 Å². The Hall–Kier alpha value is -0.110. The van der Waals surface area contributed by atoms with E-state index in [2.05, 4.69) is 43.6 Å². The minimum Gasteiger partial charge on any atom is -0.282 e. The molecule has 0 amide bonds. The lowest BCUT2D eigenvalue weighted by atomic mass is 9.91. The van der Waals surface area contributed by atoms with Crippen LogP contribution in [0.1, 0.15) is 92.4 Å². The topological polar surface area (TPSA) is 17.1 Å². The van der Waals surface area contributed by atoms with Gasteiger partial charge in [0.25, 0.3) is 0 Å². The normalized spacial score (nSPS) is 15.1. The first-order chi connectivity index (χ1) is 10.3. The van der Waals surface area contributed by atoms with E-state index in [0.717, 1.165) is 24.2 Å². The van der Waals surface area contributed by atoms with E-state index in [0.29, 0.717) is 0 Å². The van der Waals surface area contributed by atoms with E-state index in [1.165, 1.54) is 56.9 Å². The molecule has 0 aromatic heterocycles. The fourth-order valence-corrected chi connectivity index (χ4v) is 3.36. The lowest BCUT2D eigenvalue weighted by Crippen LogP contribution is -2.00. The Bertz CT molecular complexity index is 320. The third kappa shape index (κ3) is 14.8. The molecule has 0 N–H and O–H groups in total.